The first kappa shape index (κ1) is 16.3. The maximum Gasteiger partial charge on any atom is 0.245 e. The van der Waals surface area contributed by atoms with E-state index in [2.05, 4.69) is 27.9 Å². The molecule has 0 aromatic carbocycles. The predicted molar refractivity (Wildman–Crippen MR) is 74.5 cm³/mol. The van der Waals surface area contributed by atoms with Crippen LogP contribution in [0.1, 0.15) is 20.8 Å². The lowest BCUT2D eigenvalue weighted by molar-refractivity contribution is 0.0789. The fraction of sp³-hybridized carbons (Fsp3) is 0.833. The summed E-state index contributed by atoms with van der Waals surface area (Å²) in [7, 11) is 0. The summed E-state index contributed by atoms with van der Waals surface area (Å²) in [6.07, 6.45) is 0.959. The predicted octanol–water partition coefficient (Wildman–Crippen LogP) is 0.928. The summed E-state index contributed by atoms with van der Waals surface area (Å²) >= 11 is 1.08. The Morgan fingerprint density at radius 3 is 2.79 bits per heavy atom. The van der Waals surface area contributed by atoms with Crippen molar-refractivity contribution in [3.8, 4) is 5.88 Å². The molecule has 0 radical (unpaired) electrons. The van der Waals surface area contributed by atoms with Crippen LogP contribution in [0.3, 0.4) is 0 Å². The van der Waals surface area contributed by atoms with Crippen LogP contribution in [0.4, 0.5) is 0 Å². The van der Waals surface area contributed by atoms with Gasteiger partial charge in [-0.2, -0.15) is 4.37 Å². The van der Waals surface area contributed by atoms with Crippen molar-refractivity contribution in [2.75, 3.05) is 26.4 Å². The van der Waals surface area contributed by atoms with Gasteiger partial charge < -0.3 is 19.9 Å². The van der Waals surface area contributed by atoms with E-state index in [1.54, 1.807) is 0 Å². The van der Waals surface area contributed by atoms with Gasteiger partial charge in [0.25, 0.3) is 0 Å². The monoisotopic (exact) mass is 289 g/mol. The van der Waals surface area contributed by atoms with Gasteiger partial charge in [0.1, 0.15) is 18.9 Å². The van der Waals surface area contributed by atoms with Crippen LogP contribution in [0.15, 0.2) is 6.20 Å². The van der Waals surface area contributed by atoms with Crippen LogP contribution in [0.25, 0.3) is 0 Å². The quantitative estimate of drug-likeness (QED) is 0.667. The van der Waals surface area contributed by atoms with E-state index in [-0.39, 0.29) is 12.6 Å². The van der Waals surface area contributed by atoms with E-state index >= 15 is 0 Å². The fourth-order valence-electron chi connectivity index (χ4n) is 1.48. The van der Waals surface area contributed by atoms with Gasteiger partial charge in [0.05, 0.1) is 18.3 Å². The number of nitrogens with zero attached hydrogens (tertiary/aromatic N) is 2. The van der Waals surface area contributed by atoms with E-state index in [0.29, 0.717) is 31.6 Å². The zero-order chi connectivity index (χ0) is 14.1. The van der Waals surface area contributed by atoms with Crippen LogP contribution in [-0.2, 0) is 4.74 Å². The standard InChI is InChI=1S/C12H23N3O3S/c1-4-17-8-11(9(2)3)13-5-10(16)7-18-12-6-14-19-15-12/h6,9-11,13,16H,4-5,7-8H2,1-3H3. The van der Waals surface area contributed by atoms with E-state index in [0.717, 1.165) is 11.7 Å². The number of aliphatic hydroxyl groups is 1. The summed E-state index contributed by atoms with van der Waals surface area (Å²) in [5, 5.41) is 13.1. The number of aromatic nitrogens is 2. The molecule has 2 N–H and O–H groups in total. The molecule has 0 saturated heterocycles. The number of ether oxygens (including phenoxy) is 2. The van der Waals surface area contributed by atoms with E-state index in [1.807, 2.05) is 6.92 Å². The normalized spacial score (nSPS) is 14.6. The Labute approximate surface area is 118 Å². The van der Waals surface area contributed by atoms with Gasteiger partial charge in [0.15, 0.2) is 0 Å². The van der Waals surface area contributed by atoms with Crippen molar-refractivity contribution >= 4 is 11.7 Å². The van der Waals surface area contributed by atoms with Gasteiger partial charge in [-0.1, -0.05) is 13.8 Å². The van der Waals surface area contributed by atoms with Gasteiger partial charge in [0, 0.05) is 19.2 Å². The van der Waals surface area contributed by atoms with Gasteiger partial charge in [-0.25, -0.2) is 0 Å². The molecule has 0 saturated carbocycles. The minimum atomic E-state index is -0.579. The highest BCUT2D eigenvalue weighted by Crippen LogP contribution is 2.06. The molecule has 7 heteroatoms. The Morgan fingerprint density at radius 2 is 2.21 bits per heavy atom. The molecule has 19 heavy (non-hydrogen) atoms. The topological polar surface area (TPSA) is 76.5 Å². The fourth-order valence-corrected chi connectivity index (χ4v) is 1.84. The van der Waals surface area contributed by atoms with Crippen molar-refractivity contribution < 1.29 is 14.6 Å². The summed E-state index contributed by atoms with van der Waals surface area (Å²) in [6.45, 7) is 8.25. The smallest absolute Gasteiger partial charge is 0.245 e. The second-order valence-electron chi connectivity index (χ2n) is 4.63. The summed E-state index contributed by atoms with van der Waals surface area (Å²) < 4.78 is 18.4. The lowest BCUT2D eigenvalue weighted by Crippen LogP contribution is -2.43. The highest BCUT2D eigenvalue weighted by Gasteiger charge is 2.15. The highest BCUT2D eigenvalue weighted by atomic mass is 32.1. The number of rotatable bonds is 10. The molecule has 110 valence electrons. The molecule has 0 aliphatic heterocycles. The van der Waals surface area contributed by atoms with Gasteiger partial charge >= 0.3 is 0 Å². The molecule has 2 atom stereocenters. The molecular weight excluding hydrogens is 266 g/mol. The first-order valence-corrected chi connectivity index (χ1v) is 7.26. The number of hydrogen-bond acceptors (Lipinski definition) is 7. The zero-order valence-corrected chi connectivity index (χ0v) is 12.5. The lowest BCUT2D eigenvalue weighted by atomic mass is 10.1. The van der Waals surface area contributed by atoms with Crippen LogP contribution < -0.4 is 10.1 Å². The Kier molecular flexibility index (Phi) is 7.88. The van der Waals surface area contributed by atoms with Crippen LogP contribution >= 0.6 is 11.7 Å². The third-order valence-corrected chi connectivity index (χ3v) is 3.15. The number of hydrogen-bond donors (Lipinski definition) is 2. The first-order chi connectivity index (χ1) is 9.13. The van der Waals surface area contributed by atoms with Gasteiger partial charge in [-0.3, -0.25) is 0 Å². The van der Waals surface area contributed by atoms with Crippen molar-refractivity contribution in [1.82, 2.24) is 14.1 Å². The third-order valence-electron chi connectivity index (χ3n) is 2.69. The molecule has 0 bridgehead atoms. The molecule has 0 aliphatic carbocycles. The van der Waals surface area contributed by atoms with E-state index in [4.69, 9.17) is 9.47 Å². The molecule has 0 amide bonds. The maximum absolute atomic E-state index is 9.83. The van der Waals surface area contributed by atoms with Crippen molar-refractivity contribution in [3.05, 3.63) is 6.20 Å². The third kappa shape index (κ3) is 6.81. The van der Waals surface area contributed by atoms with Crippen LogP contribution in [-0.4, -0.2) is 52.4 Å². The summed E-state index contributed by atoms with van der Waals surface area (Å²) in [5.74, 6) is 0.904. The van der Waals surface area contributed by atoms with E-state index in [9.17, 15) is 5.11 Å². The van der Waals surface area contributed by atoms with Crippen molar-refractivity contribution in [2.24, 2.45) is 5.92 Å². The largest absolute Gasteiger partial charge is 0.473 e. The molecule has 0 fully saturated rings. The van der Waals surface area contributed by atoms with Gasteiger partial charge in [0.2, 0.25) is 5.88 Å². The molecule has 0 spiro atoms. The lowest BCUT2D eigenvalue weighted by Gasteiger charge is -2.23. The summed E-state index contributed by atoms with van der Waals surface area (Å²) in [4.78, 5) is 0. The second-order valence-corrected chi connectivity index (χ2v) is 5.19. The average Bonchev–Trinajstić information content (AvgIpc) is 2.89. The summed E-state index contributed by atoms with van der Waals surface area (Å²) in [5.41, 5.74) is 0. The van der Waals surface area contributed by atoms with Gasteiger partial charge in [-0.15, -0.1) is 4.37 Å². The molecule has 6 nitrogen and oxygen atoms in total. The van der Waals surface area contributed by atoms with E-state index in [1.165, 1.54) is 6.20 Å². The summed E-state index contributed by atoms with van der Waals surface area (Å²) in [6, 6.07) is 0.232. The van der Waals surface area contributed by atoms with Crippen molar-refractivity contribution in [3.63, 3.8) is 0 Å². The number of aliphatic hydroxyl groups excluding tert-OH is 1. The number of nitrogens with one attached hydrogen (secondary N) is 1. The van der Waals surface area contributed by atoms with Crippen molar-refractivity contribution in [1.29, 1.82) is 0 Å². The van der Waals surface area contributed by atoms with Gasteiger partial charge in [-0.05, 0) is 12.8 Å². The molecule has 1 aromatic heterocycles. The molecule has 1 aromatic rings. The van der Waals surface area contributed by atoms with Crippen LogP contribution in [0, 0.1) is 5.92 Å². The average molecular weight is 289 g/mol. The highest BCUT2D eigenvalue weighted by molar-refractivity contribution is 6.99. The SMILES string of the molecule is CCOCC(NCC(O)COc1cnsn1)C(C)C. The Hall–Kier alpha value is -0.760. The molecule has 1 heterocycles. The Balaban J connectivity index is 2.21. The van der Waals surface area contributed by atoms with E-state index < -0.39 is 6.10 Å². The maximum atomic E-state index is 9.83. The molecule has 2 unspecified atom stereocenters. The minimum Gasteiger partial charge on any atom is -0.473 e. The zero-order valence-electron chi connectivity index (χ0n) is 11.7. The van der Waals surface area contributed by atoms with Crippen LogP contribution in [0.2, 0.25) is 0 Å². The molecule has 1 rings (SSSR count). The molecule has 0 aliphatic rings. The Morgan fingerprint density at radius 1 is 1.42 bits per heavy atom. The minimum absolute atomic E-state index is 0.206. The first-order valence-electron chi connectivity index (χ1n) is 6.53. The second kappa shape index (κ2) is 9.19. The van der Waals surface area contributed by atoms with Crippen molar-refractivity contribution in [2.45, 2.75) is 32.9 Å². The van der Waals surface area contributed by atoms with Crippen LogP contribution in [0.5, 0.6) is 5.88 Å². The molecular formula is C12H23N3O3S. The Bertz CT molecular complexity index is 322.